The molecule has 0 saturated heterocycles. The lowest BCUT2D eigenvalue weighted by atomic mass is 10.1. The Hall–Kier alpha value is -3.78. The number of nitrogens with one attached hydrogen (secondary N) is 1. The summed E-state index contributed by atoms with van der Waals surface area (Å²) >= 11 is 0. The van der Waals surface area contributed by atoms with Gasteiger partial charge in [0.25, 0.3) is 5.91 Å². The molecule has 3 aromatic carbocycles. The van der Waals surface area contributed by atoms with Crippen LogP contribution in [0.1, 0.15) is 38.2 Å². The molecule has 0 unspecified atom stereocenters. The molecule has 3 rings (SSSR count). The molecule has 32 heavy (non-hydrogen) atoms. The highest BCUT2D eigenvalue weighted by Crippen LogP contribution is 2.29. The third-order valence-electron chi connectivity index (χ3n) is 5.16. The van der Waals surface area contributed by atoms with Gasteiger partial charge in [0, 0.05) is 11.1 Å². The summed E-state index contributed by atoms with van der Waals surface area (Å²) in [4.78, 5) is 12.8. The number of nitrogens with zero attached hydrogens (tertiary/aromatic N) is 1. The molecular formula is C27H28N2O3. The fourth-order valence-corrected chi connectivity index (χ4v) is 3.44. The Morgan fingerprint density at radius 2 is 1.84 bits per heavy atom. The maximum atomic E-state index is 12.8. The van der Waals surface area contributed by atoms with Crippen LogP contribution in [-0.4, -0.2) is 19.6 Å². The zero-order chi connectivity index (χ0) is 22.8. The van der Waals surface area contributed by atoms with Crippen molar-refractivity contribution < 1.29 is 14.3 Å². The highest BCUT2D eigenvalue weighted by molar-refractivity contribution is 6.12. The number of amides is 1. The van der Waals surface area contributed by atoms with Gasteiger partial charge in [-0.15, -0.1) is 0 Å². The second-order valence-corrected chi connectivity index (χ2v) is 7.47. The second-order valence-electron chi connectivity index (χ2n) is 7.47. The van der Waals surface area contributed by atoms with E-state index in [1.165, 1.54) is 12.8 Å². The lowest BCUT2D eigenvalue weighted by Crippen LogP contribution is -2.13. The van der Waals surface area contributed by atoms with Crippen LogP contribution in [0.4, 0.5) is 5.69 Å². The first-order chi connectivity index (χ1) is 15.7. The number of ether oxygens (including phenoxy) is 2. The normalized spacial score (nSPS) is 11.1. The van der Waals surface area contributed by atoms with E-state index in [-0.39, 0.29) is 5.57 Å². The summed E-state index contributed by atoms with van der Waals surface area (Å²) in [5.41, 5.74) is 1.36. The first kappa shape index (κ1) is 22.9. The fraction of sp³-hybridized carbons (Fsp3) is 0.259. The van der Waals surface area contributed by atoms with E-state index in [1.54, 1.807) is 19.3 Å². The van der Waals surface area contributed by atoms with Gasteiger partial charge in [0.2, 0.25) is 0 Å². The van der Waals surface area contributed by atoms with E-state index in [9.17, 15) is 10.1 Å². The minimum atomic E-state index is -0.459. The number of carbonyl (C=O) groups is 1. The maximum Gasteiger partial charge on any atom is 0.266 e. The molecule has 0 aliphatic carbocycles. The summed E-state index contributed by atoms with van der Waals surface area (Å²) in [7, 11) is 1.57. The molecule has 0 saturated carbocycles. The summed E-state index contributed by atoms with van der Waals surface area (Å²) in [5, 5.41) is 14.4. The molecular weight excluding hydrogens is 400 g/mol. The summed E-state index contributed by atoms with van der Waals surface area (Å²) in [6.45, 7) is 2.80. The largest absolute Gasteiger partial charge is 0.493 e. The summed E-state index contributed by atoms with van der Waals surface area (Å²) < 4.78 is 11.3. The zero-order valence-corrected chi connectivity index (χ0v) is 18.6. The number of fused-ring (bicyclic) bond motifs is 1. The van der Waals surface area contributed by atoms with Crippen LogP contribution in [0.3, 0.4) is 0 Å². The predicted octanol–water partition coefficient (Wildman–Crippen LogP) is 6.35. The number of anilines is 1. The monoisotopic (exact) mass is 428 g/mol. The lowest BCUT2D eigenvalue weighted by Gasteiger charge is -2.11. The maximum absolute atomic E-state index is 12.8. The van der Waals surface area contributed by atoms with Crippen molar-refractivity contribution in [2.45, 2.75) is 32.6 Å². The van der Waals surface area contributed by atoms with Gasteiger partial charge in [-0.05, 0) is 41.6 Å². The van der Waals surface area contributed by atoms with Crippen molar-refractivity contribution in [1.29, 1.82) is 5.26 Å². The van der Waals surface area contributed by atoms with Crippen LogP contribution in [0.25, 0.3) is 16.8 Å². The van der Waals surface area contributed by atoms with E-state index in [1.807, 2.05) is 60.7 Å². The van der Waals surface area contributed by atoms with Crippen LogP contribution in [-0.2, 0) is 4.79 Å². The molecule has 0 radical (unpaired) electrons. The van der Waals surface area contributed by atoms with E-state index in [4.69, 9.17) is 9.47 Å². The smallest absolute Gasteiger partial charge is 0.266 e. The number of methoxy groups -OCH3 is 1. The van der Waals surface area contributed by atoms with Crippen molar-refractivity contribution in [1.82, 2.24) is 0 Å². The second kappa shape index (κ2) is 11.6. The quantitative estimate of drug-likeness (QED) is 0.232. The van der Waals surface area contributed by atoms with Crippen LogP contribution >= 0.6 is 0 Å². The Bertz CT molecular complexity index is 1140. The van der Waals surface area contributed by atoms with E-state index >= 15 is 0 Å². The number of unbranched alkanes of at least 4 members (excludes halogenated alkanes) is 3. The van der Waals surface area contributed by atoms with Crippen LogP contribution in [0.15, 0.2) is 66.2 Å². The SMILES string of the molecule is CCCCCCOc1ccc(/C=C(\C#N)C(=O)Nc2cccc3ccccc23)cc1OC. The molecule has 0 aliphatic heterocycles. The molecule has 3 aromatic rings. The molecule has 0 spiro atoms. The summed E-state index contributed by atoms with van der Waals surface area (Å²) in [6.07, 6.45) is 6.05. The van der Waals surface area contributed by atoms with Crippen molar-refractivity contribution in [3.05, 3.63) is 71.8 Å². The molecule has 0 atom stereocenters. The van der Waals surface area contributed by atoms with E-state index in [0.717, 1.165) is 23.6 Å². The topological polar surface area (TPSA) is 71.3 Å². The molecule has 5 nitrogen and oxygen atoms in total. The number of carbonyl (C=O) groups excluding carboxylic acids is 1. The zero-order valence-electron chi connectivity index (χ0n) is 18.6. The van der Waals surface area contributed by atoms with E-state index in [2.05, 4.69) is 12.2 Å². The van der Waals surface area contributed by atoms with Crippen LogP contribution in [0.2, 0.25) is 0 Å². The van der Waals surface area contributed by atoms with Crippen molar-refractivity contribution in [2.75, 3.05) is 19.0 Å². The van der Waals surface area contributed by atoms with E-state index in [0.29, 0.717) is 29.4 Å². The van der Waals surface area contributed by atoms with Crippen molar-refractivity contribution in [3.63, 3.8) is 0 Å². The molecule has 1 N–H and O–H groups in total. The third kappa shape index (κ3) is 5.89. The molecule has 0 aliphatic rings. The molecule has 5 heteroatoms. The van der Waals surface area contributed by atoms with Crippen LogP contribution in [0.5, 0.6) is 11.5 Å². The van der Waals surface area contributed by atoms with Crippen molar-refractivity contribution in [3.8, 4) is 17.6 Å². The van der Waals surface area contributed by atoms with E-state index < -0.39 is 5.91 Å². The standard InChI is InChI=1S/C27H28N2O3/c1-3-4-5-8-16-32-25-15-14-20(18-26(25)31-2)17-22(19-28)27(30)29-24-13-9-11-21-10-6-7-12-23(21)24/h6-7,9-15,17-18H,3-5,8,16H2,1-2H3,(H,29,30)/b22-17+. The Morgan fingerprint density at radius 1 is 1.03 bits per heavy atom. The highest BCUT2D eigenvalue weighted by atomic mass is 16.5. The number of rotatable bonds is 10. The van der Waals surface area contributed by atoms with Gasteiger partial charge in [-0.1, -0.05) is 68.7 Å². The Morgan fingerprint density at radius 3 is 2.62 bits per heavy atom. The molecule has 0 bridgehead atoms. The van der Waals surface area contributed by atoms with Crippen LogP contribution in [0, 0.1) is 11.3 Å². The third-order valence-corrected chi connectivity index (χ3v) is 5.16. The highest BCUT2D eigenvalue weighted by Gasteiger charge is 2.12. The Kier molecular flexibility index (Phi) is 8.28. The lowest BCUT2D eigenvalue weighted by molar-refractivity contribution is -0.112. The molecule has 164 valence electrons. The fourth-order valence-electron chi connectivity index (χ4n) is 3.44. The predicted molar refractivity (Wildman–Crippen MR) is 129 cm³/mol. The van der Waals surface area contributed by atoms with Gasteiger partial charge in [-0.3, -0.25) is 4.79 Å². The van der Waals surface area contributed by atoms with Gasteiger partial charge < -0.3 is 14.8 Å². The Balaban J connectivity index is 1.75. The Labute approximate surface area is 189 Å². The number of hydrogen-bond acceptors (Lipinski definition) is 4. The van der Waals surface area contributed by atoms with Gasteiger partial charge in [0.15, 0.2) is 11.5 Å². The minimum absolute atomic E-state index is 0.00761. The minimum Gasteiger partial charge on any atom is -0.493 e. The molecule has 1 amide bonds. The average molecular weight is 429 g/mol. The van der Waals surface area contributed by atoms with Crippen molar-refractivity contribution in [2.24, 2.45) is 0 Å². The molecule has 0 aromatic heterocycles. The first-order valence-corrected chi connectivity index (χ1v) is 10.9. The van der Waals surface area contributed by atoms with Gasteiger partial charge >= 0.3 is 0 Å². The average Bonchev–Trinajstić information content (AvgIpc) is 2.83. The van der Waals surface area contributed by atoms with Crippen LogP contribution < -0.4 is 14.8 Å². The van der Waals surface area contributed by atoms with Gasteiger partial charge in [-0.25, -0.2) is 0 Å². The molecule has 0 fully saturated rings. The van der Waals surface area contributed by atoms with Gasteiger partial charge in [0.05, 0.1) is 13.7 Å². The van der Waals surface area contributed by atoms with Gasteiger partial charge in [0.1, 0.15) is 11.6 Å². The van der Waals surface area contributed by atoms with Crippen molar-refractivity contribution >= 4 is 28.4 Å². The summed E-state index contributed by atoms with van der Waals surface area (Å²) in [5.74, 6) is 0.764. The molecule has 0 heterocycles. The van der Waals surface area contributed by atoms with Gasteiger partial charge in [-0.2, -0.15) is 5.26 Å². The number of nitriles is 1. The first-order valence-electron chi connectivity index (χ1n) is 10.9. The summed E-state index contributed by atoms with van der Waals surface area (Å²) in [6, 6.07) is 20.8. The number of benzene rings is 3. The number of hydrogen-bond donors (Lipinski definition) is 1.